The van der Waals surface area contributed by atoms with Gasteiger partial charge in [-0.05, 0) is 31.0 Å². The first-order chi connectivity index (χ1) is 9.22. The molecule has 1 amide bonds. The maximum Gasteiger partial charge on any atom is 0.260 e. The Morgan fingerprint density at radius 1 is 1.47 bits per heavy atom. The average molecular weight is 262 g/mol. The minimum Gasteiger partial charge on any atom is -0.483 e. The lowest BCUT2D eigenvalue weighted by atomic mass is 10.1. The standard InChI is InChI=1S/C15H22N2O2/c1-3-12-6-4-5-7-14(12)19-11-15(18)17(2)13-8-9-16-10-13/h4-7,13,16H,3,8-11H2,1-2H3. The van der Waals surface area contributed by atoms with Gasteiger partial charge in [0.2, 0.25) is 0 Å². The molecule has 104 valence electrons. The van der Waals surface area contributed by atoms with Crippen molar-refractivity contribution in [3.05, 3.63) is 29.8 Å². The second-order valence-electron chi connectivity index (χ2n) is 4.90. The molecule has 2 rings (SSSR count). The van der Waals surface area contributed by atoms with Crippen molar-refractivity contribution in [3.63, 3.8) is 0 Å². The molecule has 1 heterocycles. The van der Waals surface area contributed by atoms with Crippen LogP contribution in [0.2, 0.25) is 0 Å². The number of para-hydroxylation sites is 1. The fourth-order valence-corrected chi connectivity index (χ4v) is 2.35. The number of nitrogens with one attached hydrogen (secondary N) is 1. The summed E-state index contributed by atoms with van der Waals surface area (Å²) in [5.74, 6) is 0.857. The highest BCUT2D eigenvalue weighted by atomic mass is 16.5. The predicted molar refractivity (Wildman–Crippen MR) is 75.4 cm³/mol. The van der Waals surface area contributed by atoms with Gasteiger partial charge in [0.05, 0.1) is 0 Å². The number of benzene rings is 1. The smallest absolute Gasteiger partial charge is 0.260 e. The molecule has 0 radical (unpaired) electrons. The molecule has 1 aliphatic heterocycles. The fraction of sp³-hybridized carbons (Fsp3) is 0.533. The van der Waals surface area contributed by atoms with Crippen molar-refractivity contribution in [2.24, 2.45) is 0 Å². The van der Waals surface area contributed by atoms with Crippen LogP contribution in [0.3, 0.4) is 0 Å². The Labute approximate surface area is 114 Å². The van der Waals surface area contributed by atoms with E-state index in [9.17, 15) is 4.79 Å². The number of aryl methyl sites for hydroxylation is 1. The van der Waals surface area contributed by atoms with Gasteiger partial charge in [0.25, 0.3) is 5.91 Å². The van der Waals surface area contributed by atoms with Gasteiger partial charge in [-0.15, -0.1) is 0 Å². The van der Waals surface area contributed by atoms with E-state index < -0.39 is 0 Å². The number of likely N-dealkylation sites (N-methyl/N-ethyl adjacent to an activating group) is 1. The number of carbonyl (C=O) groups is 1. The number of ether oxygens (including phenoxy) is 1. The number of carbonyl (C=O) groups excluding carboxylic acids is 1. The Balaban J connectivity index is 1.89. The van der Waals surface area contributed by atoms with E-state index in [0.717, 1.165) is 37.2 Å². The number of hydrogen-bond acceptors (Lipinski definition) is 3. The highest BCUT2D eigenvalue weighted by molar-refractivity contribution is 5.78. The van der Waals surface area contributed by atoms with Gasteiger partial charge in [0.1, 0.15) is 5.75 Å². The van der Waals surface area contributed by atoms with Crippen LogP contribution in [0.4, 0.5) is 0 Å². The Kier molecular flexibility index (Phi) is 4.80. The molecular formula is C15H22N2O2. The van der Waals surface area contributed by atoms with Crippen LogP contribution in [0.1, 0.15) is 18.9 Å². The lowest BCUT2D eigenvalue weighted by Gasteiger charge is -2.24. The van der Waals surface area contributed by atoms with Crippen LogP contribution in [0.15, 0.2) is 24.3 Å². The van der Waals surface area contributed by atoms with Crippen molar-refractivity contribution in [2.45, 2.75) is 25.8 Å². The molecule has 0 spiro atoms. The molecule has 1 aromatic rings. The van der Waals surface area contributed by atoms with Crippen molar-refractivity contribution >= 4 is 5.91 Å². The maximum absolute atomic E-state index is 12.1. The summed E-state index contributed by atoms with van der Waals surface area (Å²) in [7, 11) is 1.86. The highest BCUT2D eigenvalue weighted by Gasteiger charge is 2.23. The molecule has 0 aromatic heterocycles. The van der Waals surface area contributed by atoms with Crippen molar-refractivity contribution in [1.29, 1.82) is 0 Å². The lowest BCUT2D eigenvalue weighted by Crippen LogP contribution is -2.40. The molecule has 1 atom stereocenters. The molecule has 1 fully saturated rings. The first kappa shape index (κ1) is 13.9. The average Bonchev–Trinajstić information content (AvgIpc) is 2.98. The number of nitrogens with zero attached hydrogens (tertiary/aromatic N) is 1. The summed E-state index contributed by atoms with van der Waals surface area (Å²) in [6.45, 7) is 4.07. The zero-order valence-electron chi connectivity index (χ0n) is 11.7. The van der Waals surface area contributed by atoms with Crippen molar-refractivity contribution < 1.29 is 9.53 Å². The van der Waals surface area contributed by atoms with Gasteiger partial charge < -0.3 is 15.0 Å². The predicted octanol–water partition coefficient (Wildman–Crippen LogP) is 1.45. The third-order valence-corrected chi connectivity index (χ3v) is 3.68. The molecule has 1 unspecified atom stereocenters. The number of hydrogen-bond donors (Lipinski definition) is 1. The SMILES string of the molecule is CCc1ccccc1OCC(=O)N(C)C1CCNC1. The van der Waals surface area contributed by atoms with Crippen molar-refractivity contribution in [1.82, 2.24) is 10.2 Å². The van der Waals surface area contributed by atoms with Crippen LogP contribution in [-0.2, 0) is 11.2 Å². The van der Waals surface area contributed by atoms with Gasteiger partial charge >= 0.3 is 0 Å². The molecule has 1 aliphatic rings. The molecule has 1 aromatic carbocycles. The third kappa shape index (κ3) is 3.47. The molecule has 0 bridgehead atoms. The van der Waals surface area contributed by atoms with E-state index in [2.05, 4.69) is 12.2 Å². The first-order valence-corrected chi connectivity index (χ1v) is 6.89. The van der Waals surface area contributed by atoms with Crippen LogP contribution in [-0.4, -0.2) is 43.6 Å². The number of rotatable bonds is 5. The summed E-state index contributed by atoms with van der Waals surface area (Å²) in [6, 6.07) is 8.18. The first-order valence-electron chi connectivity index (χ1n) is 6.89. The Morgan fingerprint density at radius 3 is 2.95 bits per heavy atom. The van der Waals surface area contributed by atoms with Crippen molar-refractivity contribution in [2.75, 3.05) is 26.7 Å². The van der Waals surface area contributed by atoms with Crippen molar-refractivity contribution in [3.8, 4) is 5.75 Å². The second kappa shape index (κ2) is 6.57. The second-order valence-corrected chi connectivity index (χ2v) is 4.90. The summed E-state index contributed by atoms with van der Waals surface area (Å²) >= 11 is 0. The van der Waals surface area contributed by atoms with E-state index in [0.29, 0.717) is 6.04 Å². The minimum atomic E-state index is 0.0413. The highest BCUT2D eigenvalue weighted by Crippen LogP contribution is 2.18. The van der Waals surface area contributed by atoms with E-state index in [1.54, 1.807) is 4.90 Å². The van der Waals surface area contributed by atoms with E-state index in [1.807, 2.05) is 31.3 Å². The van der Waals surface area contributed by atoms with Gasteiger partial charge in [0.15, 0.2) is 6.61 Å². The molecule has 4 nitrogen and oxygen atoms in total. The van der Waals surface area contributed by atoms with Crippen LogP contribution in [0.25, 0.3) is 0 Å². The molecular weight excluding hydrogens is 240 g/mol. The third-order valence-electron chi connectivity index (χ3n) is 3.68. The van der Waals surface area contributed by atoms with E-state index in [-0.39, 0.29) is 12.5 Å². The molecule has 19 heavy (non-hydrogen) atoms. The molecule has 1 N–H and O–H groups in total. The molecule has 0 saturated carbocycles. The summed E-state index contributed by atoms with van der Waals surface area (Å²) in [5, 5.41) is 3.27. The monoisotopic (exact) mass is 262 g/mol. The Morgan fingerprint density at radius 2 is 2.26 bits per heavy atom. The number of amides is 1. The van der Waals surface area contributed by atoms with Gasteiger partial charge in [-0.25, -0.2) is 0 Å². The Hall–Kier alpha value is -1.55. The zero-order valence-corrected chi connectivity index (χ0v) is 11.7. The van der Waals surface area contributed by atoms with E-state index in [1.165, 1.54) is 0 Å². The van der Waals surface area contributed by atoms with Gasteiger partial charge in [-0.1, -0.05) is 25.1 Å². The molecule has 1 saturated heterocycles. The van der Waals surface area contributed by atoms with Crippen LogP contribution in [0, 0.1) is 0 Å². The van der Waals surface area contributed by atoms with Gasteiger partial charge in [-0.3, -0.25) is 4.79 Å². The van der Waals surface area contributed by atoms with Crippen LogP contribution in [0.5, 0.6) is 5.75 Å². The normalized spacial score (nSPS) is 18.3. The van der Waals surface area contributed by atoms with E-state index >= 15 is 0 Å². The maximum atomic E-state index is 12.1. The summed E-state index contributed by atoms with van der Waals surface area (Å²) < 4.78 is 5.66. The summed E-state index contributed by atoms with van der Waals surface area (Å²) in [5.41, 5.74) is 1.14. The van der Waals surface area contributed by atoms with E-state index in [4.69, 9.17) is 4.74 Å². The fourth-order valence-electron chi connectivity index (χ4n) is 2.35. The van der Waals surface area contributed by atoms with Gasteiger partial charge in [-0.2, -0.15) is 0 Å². The molecule has 0 aliphatic carbocycles. The summed E-state index contributed by atoms with van der Waals surface area (Å²) in [6.07, 6.45) is 1.93. The van der Waals surface area contributed by atoms with Gasteiger partial charge in [0, 0.05) is 19.6 Å². The van der Waals surface area contributed by atoms with Crippen LogP contribution >= 0.6 is 0 Å². The topological polar surface area (TPSA) is 41.6 Å². The Bertz CT molecular complexity index is 428. The van der Waals surface area contributed by atoms with Crippen LogP contribution < -0.4 is 10.1 Å². The summed E-state index contributed by atoms with van der Waals surface area (Å²) in [4.78, 5) is 13.9. The molecule has 4 heteroatoms. The zero-order chi connectivity index (χ0) is 13.7. The quantitative estimate of drug-likeness (QED) is 0.873. The lowest BCUT2D eigenvalue weighted by molar-refractivity contribution is -0.133. The minimum absolute atomic E-state index is 0.0413. The largest absolute Gasteiger partial charge is 0.483 e.